The standard InChI is InChI=1S/C13H13F3N4OS/c1-6-7(4-17-20-6)9-3-8-10(22-9)11(21)19-12(2,18-8)5-13(14,15)16/h3-4,18H,5H2,1-2H3,(H,17,20)(H,19,21). The van der Waals surface area contributed by atoms with Crippen LogP contribution in [-0.2, 0) is 0 Å². The minimum atomic E-state index is -4.38. The van der Waals surface area contributed by atoms with Crippen LogP contribution in [0.2, 0.25) is 0 Å². The summed E-state index contributed by atoms with van der Waals surface area (Å²) in [5.41, 5.74) is 0.520. The number of H-pyrrole nitrogens is 1. The number of amides is 1. The van der Waals surface area contributed by atoms with Gasteiger partial charge in [0.25, 0.3) is 5.91 Å². The predicted octanol–water partition coefficient (Wildman–Crippen LogP) is 3.27. The average molecular weight is 330 g/mol. The highest BCUT2D eigenvalue weighted by molar-refractivity contribution is 7.18. The number of rotatable bonds is 2. The van der Waals surface area contributed by atoms with Crippen molar-refractivity contribution in [2.75, 3.05) is 5.32 Å². The zero-order valence-corrected chi connectivity index (χ0v) is 12.6. The van der Waals surface area contributed by atoms with Gasteiger partial charge in [-0.25, -0.2) is 0 Å². The van der Waals surface area contributed by atoms with E-state index in [0.29, 0.717) is 10.6 Å². The zero-order chi connectivity index (χ0) is 16.1. The van der Waals surface area contributed by atoms with Gasteiger partial charge in [-0.05, 0) is 19.9 Å². The Hall–Kier alpha value is -2.03. The molecular formula is C13H13F3N4OS. The molecule has 1 amide bonds. The van der Waals surface area contributed by atoms with Gasteiger partial charge in [0, 0.05) is 16.1 Å². The molecule has 1 unspecified atom stereocenters. The molecule has 2 aromatic heterocycles. The van der Waals surface area contributed by atoms with Gasteiger partial charge in [0.2, 0.25) is 0 Å². The van der Waals surface area contributed by atoms with Crippen LogP contribution >= 0.6 is 11.3 Å². The second kappa shape index (κ2) is 4.73. The minimum absolute atomic E-state index is 0.371. The summed E-state index contributed by atoms with van der Waals surface area (Å²) in [6, 6.07) is 1.69. The van der Waals surface area contributed by atoms with Crippen molar-refractivity contribution >= 4 is 22.9 Å². The van der Waals surface area contributed by atoms with Crippen molar-refractivity contribution < 1.29 is 18.0 Å². The van der Waals surface area contributed by atoms with E-state index in [-0.39, 0.29) is 0 Å². The summed E-state index contributed by atoms with van der Waals surface area (Å²) in [6.45, 7) is 3.16. The Labute approximate surface area is 127 Å². The quantitative estimate of drug-likeness (QED) is 0.791. The molecule has 5 nitrogen and oxygen atoms in total. The number of hydrogen-bond donors (Lipinski definition) is 3. The maximum atomic E-state index is 12.7. The number of nitrogens with zero attached hydrogens (tertiary/aromatic N) is 1. The second-order valence-corrected chi connectivity index (χ2v) is 6.52. The molecule has 9 heteroatoms. The smallest absolute Gasteiger partial charge is 0.361 e. The summed E-state index contributed by atoms with van der Waals surface area (Å²) in [6.07, 6.45) is -3.91. The lowest BCUT2D eigenvalue weighted by atomic mass is 10.0. The first-order chi connectivity index (χ1) is 10.2. The number of nitrogens with one attached hydrogen (secondary N) is 3. The van der Waals surface area contributed by atoms with E-state index in [4.69, 9.17) is 0 Å². The van der Waals surface area contributed by atoms with Crippen molar-refractivity contribution in [3.05, 3.63) is 22.8 Å². The van der Waals surface area contributed by atoms with Crippen LogP contribution in [0, 0.1) is 6.92 Å². The average Bonchev–Trinajstić information content (AvgIpc) is 2.91. The molecule has 118 valence electrons. The number of alkyl halides is 3. The van der Waals surface area contributed by atoms with E-state index < -0.39 is 24.2 Å². The third kappa shape index (κ3) is 2.68. The van der Waals surface area contributed by atoms with Crippen molar-refractivity contribution in [3.8, 4) is 10.4 Å². The van der Waals surface area contributed by atoms with Crippen LogP contribution in [0.1, 0.15) is 28.7 Å². The van der Waals surface area contributed by atoms with Crippen LogP contribution in [0.25, 0.3) is 10.4 Å². The topological polar surface area (TPSA) is 69.8 Å². The third-order valence-corrected chi connectivity index (χ3v) is 4.55. The van der Waals surface area contributed by atoms with Gasteiger partial charge in [-0.3, -0.25) is 9.89 Å². The van der Waals surface area contributed by atoms with E-state index in [1.807, 2.05) is 6.92 Å². The largest absolute Gasteiger partial charge is 0.393 e. The van der Waals surface area contributed by atoms with E-state index in [9.17, 15) is 18.0 Å². The lowest BCUT2D eigenvalue weighted by molar-refractivity contribution is -0.145. The van der Waals surface area contributed by atoms with E-state index in [1.165, 1.54) is 18.3 Å². The number of aryl methyl sites for hydroxylation is 1. The van der Waals surface area contributed by atoms with Gasteiger partial charge in [0.15, 0.2) is 0 Å². The predicted molar refractivity (Wildman–Crippen MR) is 76.8 cm³/mol. The van der Waals surface area contributed by atoms with Crippen LogP contribution in [0.3, 0.4) is 0 Å². The summed E-state index contributed by atoms with van der Waals surface area (Å²) in [7, 11) is 0. The number of hydrogen-bond acceptors (Lipinski definition) is 4. The molecule has 3 heterocycles. The SMILES string of the molecule is Cc1[nH]ncc1-c1cc2c(s1)C(=O)NC(C)(CC(F)(F)F)N2. The number of thiophene rings is 1. The van der Waals surface area contributed by atoms with Crippen molar-refractivity contribution in [2.45, 2.75) is 32.1 Å². The van der Waals surface area contributed by atoms with Crippen LogP contribution in [0.15, 0.2) is 12.3 Å². The molecule has 0 spiro atoms. The number of aromatic nitrogens is 2. The Bertz CT molecular complexity index is 736. The van der Waals surface area contributed by atoms with E-state index in [1.54, 1.807) is 12.3 Å². The molecule has 22 heavy (non-hydrogen) atoms. The fraction of sp³-hybridized carbons (Fsp3) is 0.385. The van der Waals surface area contributed by atoms with Crippen LogP contribution < -0.4 is 10.6 Å². The summed E-state index contributed by atoms with van der Waals surface area (Å²) < 4.78 is 38.0. The molecular weight excluding hydrogens is 317 g/mol. The molecule has 0 radical (unpaired) electrons. The molecule has 0 bridgehead atoms. The van der Waals surface area contributed by atoms with Gasteiger partial charge in [-0.1, -0.05) is 0 Å². The molecule has 0 aliphatic carbocycles. The van der Waals surface area contributed by atoms with Crippen LogP contribution in [0.4, 0.5) is 18.9 Å². The molecule has 0 saturated heterocycles. The molecule has 0 fully saturated rings. The molecule has 0 saturated carbocycles. The van der Waals surface area contributed by atoms with Gasteiger partial charge in [0.1, 0.15) is 10.5 Å². The first-order valence-corrected chi connectivity index (χ1v) is 7.30. The fourth-order valence-electron chi connectivity index (χ4n) is 2.51. The first-order valence-electron chi connectivity index (χ1n) is 6.48. The molecule has 3 N–H and O–H groups in total. The molecule has 1 aliphatic rings. The van der Waals surface area contributed by atoms with Crippen molar-refractivity contribution in [2.24, 2.45) is 0 Å². The second-order valence-electron chi connectivity index (χ2n) is 5.47. The Morgan fingerprint density at radius 2 is 2.09 bits per heavy atom. The zero-order valence-electron chi connectivity index (χ0n) is 11.8. The van der Waals surface area contributed by atoms with Gasteiger partial charge in [-0.15, -0.1) is 11.3 Å². The van der Waals surface area contributed by atoms with E-state index >= 15 is 0 Å². The maximum Gasteiger partial charge on any atom is 0.393 e. The highest BCUT2D eigenvalue weighted by Gasteiger charge is 2.44. The van der Waals surface area contributed by atoms with Crippen LogP contribution in [0.5, 0.6) is 0 Å². The molecule has 1 atom stereocenters. The van der Waals surface area contributed by atoms with Crippen LogP contribution in [-0.4, -0.2) is 27.9 Å². The molecule has 1 aliphatic heterocycles. The summed E-state index contributed by atoms with van der Waals surface area (Å²) >= 11 is 1.22. The van der Waals surface area contributed by atoms with Gasteiger partial charge >= 0.3 is 6.18 Å². The number of fused-ring (bicyclic) bond motifs is 1. The Kier molecular flexibility index (Phi) is 3.20. The summed E-state index contributed by atoms with van der Waals surface area (Å²) in [5, 5.41) is 11.9. The lowest BCUT2D eigenvalue weighted by Crippen LogP contribution is -2.57. The number of halogens is 3. The third-order valence-electron chi connectivity index (χ3n) is 3.39. The van der Waals surface area contributed by atoms with Gasteiger partial charge in [0.05, 0.1) is 18.3 Å². The van der Waals surface area contributed by atoms with Crippen molar-refractivity contribution in [1.82, 2.24) is 15.5 Å². The first kappa shape index (κ1) is 14.9. The van der Waals surface area contributed by atoms with Crippen molar-refractivity contribution in [3.63, 3.8) is 0 Å². The number of aromatic amines is 1. The molecule has 2 aromatic rings. The Morgan fingerprint density at radius 1 is 1.36 bits per heavy atom. The minimum Gasteiger partial charge on any atom is -0.361 e. The highest BCUT2D eigenvalue weighted by Crippen LogP contribution is 2.40. The maximum absolute atomic E-state index is 12.7. The molecule has 3 rings (SSSR count). The lowest BCUT2D eigenvalue weighted by Gasteiger charge is -2.36. The number of carbonyl (C=O) groups excluding carboxylic acids is 1. The summed E-state index contributed by atoms with van der Waals surface area (Å²) in [5.74, 6) is -0.502. The summed E-state index contributed by atoms with van der Waals surface area (Å²) in [4.78, 5) is 13.3. The van der Waals surface area contributed by atoms with Gasteiger partial charge in [-0.2, -0.15) is 18.3 Å². The fourth-order valence-corrected chi connectivity index (χ4v) is 3.59. The van der Waals surface area contributed by atoms with E-state index in [2.05, 4.69) is 20.8 Å². The van der Waals surface area contributed by atoms with E-state index in [0.717, 1.165) is 16.1 Å². The number of anilines is 1. The Morgan fingerprint density at radius 3 is 2.68 bits per heavy atom. The monoisotopic (exact) mass is 330 g/mol. The Balaban J connectivity index is 1.96. The normalized spacial score (nSPS) is 21.2. The van der Waals surface area contributed by atoms with Crippen molar-refractivity contribution in [1.29, 1.82) is 0 Å². The van der Waals surface area contributed by atoms with Gasteiger partial charge < -0.3 is 10.6 Å². The molecule has 0 aromatic carbocycles. The highest BCUT2D eigenvalue weighted by atomic mass is 32.1. The number of carbonyl (C=O) groups is 1.